The molecule has 0 aromatic heterocycles. The number of nitrogens with zero attached hydrogens (tertiary/aromatic N) is 3. The molecule has 31 heavy (non-hydrogen) atoms. The highest BCUT2D eigenvalue weighted by molar-refractivity contribution is 7.89. The van der Waals surface area contributed by atoms with Gasteiger partial charge in [0, 0.05) is 56.4 Å². The van der Waals surface area contributed by atoms with Gasteiger partial charge in [-0.2, -0.15) is 4.31 Å². The van der Waals surface area contributed by atoms with Crippen molar-refractivity contribution in [2.75, 3.05) is 39.4 Å². The second-order valence-corrected chi connectivity index (χ2v) is 9.10. The molecule has 1 amide bonds. The summed E-state index contributed by atoms with van der Waals surface area (Å²) in [5.41, 5.74) is 0.229. The summed E-state index contributed by atoms with van der Waals surface area (Å²) >= 11 is 0. The highest BCUT2D eigenvalue weighted by Crippen LogP contribution is 2.33. The number of carbonyl (C=O) groups excluding carboxylic acids is 1. The minimum absolute atomic E-state index is 0.0948. The van der Waals surface area contributed by atoms with Crippen LogP contribution in [0.4, 0.5) is 5.69 Å². The molecular weight excluding hydrogens is 426 g/mol. The van der Waals surface area contributed by atoms with E-state index < -0.39 is 14.9 Å². The Bertz CT molecular complexity index is 1090. The molecule has 0 bridgehead atoms. The molecule has 0 N–H and O–H groups in total. The number of hydrogen-bond donors (Lipinski definition) is 0. The zero-order chi connectivity index (χ0) is 22.0. The van der Waals surface area contributed by atoms with Gasteiger partial charge in [0.25, 0.3) is 11.6 Å². The van der Waals surface area contributed by atoms with E-state index in [9.17, 15) is 23.3 Å². The quantitative estimate of drug-likeness (QED) is 0.519. The second kappa shape index (κ2) is 8.52. The Kier molecular flexibility index (Phi) is 5.79. The molecule has 2 heterocycles. The molecule has 2 aromatic rings. The molecule has 0 unspecified atom stereocenters. The van der Waals surface area contributed by atoms with Crippen molar-refractivity contribution < 1.29 is 27.6 Å². The summed E-state index contributed by atoms with van der Waals surface area (Å²) in [4.78, 5) is 24.5. The molecule has 11 heteroatoms. The number of ether oxygens (including phenoxy) is 2. The maximum absolute atomic E-state index is 13.1. The summed E-state index contributed by atoms with van der Waals surface area (Å²) in [7, 11) is -3.75. The van der Waals surface area contributed by atoms with Crippen LogP contribution in [0.15, 0.2) is 47.4 Å². The van der Waals surface area contributed by atoms with E-state index in [2.05, 4.69) is 0 Å². The van der Waals surface area contributed by atoms with E-state index in [0.29, 0.717) is 30.3 Å². The molecule has 2 aromatic carbocycles. The van der Waals surface area contributed by atoms with Crippen molar-refractivity contribution in [1.29, 1.82) is 0 Å². The number of hydrogen-bond acceptors (Lipinski definition) is 7. The fourth-order valence-electron chi connectivity index (χ4n) is 3.49. The SMILES string of the molecule is O=C(c1ccc([N+](=O)[O-])cc1)N1CCN(S(=O)(=O)c2ccc3c(c2)OCCCO3)CC1. The van der Waals surface area contributed by atoms with E-state index in [4.69, 9.17) is 9.47 Å². The van der Waals surface area contributed by atoms with Crippen molar-refractivity contribution in [3.8, 4) is 11.5 Å². The summed E-state index contributed by atoms with van der Waals surface area (Å²) < 4.78 is 38.6. The van der Waals surface area contributed by atoms with Gasteiger partial charge >= 0.3 is 0 Å². The van der Waals surface area contributed by atoms with Crippen molar-refractivity contribution in [3.63, 3.8) is 0 Å². The van der Waals surface area contributed by atoms with Crippen molar-refractivity contribution in [2.45, 2.75) is 11.3 Å². The summed E-state index contributed by atoms with van der Waals surface area (Å²) in [5.74, 6) is 0.642. The summed E-state index contributed by atoms with van der Waals surface area (Å²) in [6.45, 7) is 1.72. The molecule has 2 aliphatic rings. The zero-order valence-electron chi connectivity index (χ0n) is 16.6. The lowest BCUT2D eigenvalue weighted by Gasteiger charge is -2.34. The first-order valence-electron chi connectivity index (χ1n) is 9.80. The normalized spacial score (nSPS) is 17.1. The van der Waals surface area contributed by atoms with Gasteiger partial charge in [0.1, 0.15) is 0 Å². The van der Waals surface area contributed by atoms with E-state index in [-0.39, 0.29) is 42.7 Å². The van der Waals surface area contributed by atoms with Gasteiger partial charge in [-0.15, -0.1) is 0 Å². The molecule has 2 aliphatic heterocycles. The van der Waals surface area contributed by atoms with E-state index in [1.165, 1.54) is 40.7 Å². The average molecular weight is 447 g/mol. The highest BCUT2D eigenvalue weighted by Gasteiger charge is 2.31. The van der Waals surface area contributed by atoms with E-state index >= 15 is 0 Å². The Labute approximate surface area is 179 Å². The number of non-ortho nitro benzene ring substituents is 1. The smallest absolute Gasteiger partial charge is 0.269 e. The van der Waals surface area contributed by atoms with Crippen LogP contribution in [0.3, 0.4) is 0 Å². The maximum atomic E-state index is 13.1. The first-order chi connectivity index (χ1) is 14.9. The first kappa shape index (κ1) is 21.1. The van der Waals surface area contributed by atoms with Crippen LogP contribution in [0.2, 0.25) is 0 Å². The maximum Gasteiger partial charge on any atom is 0.269 e. The molecule has 0 radical (unpaired) electrons. The van der Waals surface area contributed by atoms with Crippen molar-refractivity contribution in [1.82, 2.24) is 9.21 Å². The number of benzene rings is 2. The van der Waals surface area contributed by atoms with Crippen molar-refractivity contribution in [3.05, 3.63) is 58.1 Å². The van der Waals surface area contributed by atoms with Gasteiger partial charge in [0.05, 0.1) is 23.0 Å². The van der Waals surface area contributed by atoms with Gasteiger partial charge < -0.3 is 14.4 Å². The second-order valence-electron chi connectivity index (χ2n) is 7.16. The molecule has 0 spiro atoms. The Balaban J connectivity index is 1.43. The molecule has 0 saturated carbocycles. The number of nitro groups is 1. The zero-order valence-corrected chi connectivity index (χ0v) is 17.4. The molecule has 1 saturated heterocycles. The van der Waals surface area contributed by atoms with Crippen LogP contribution < -0.4 is 9.47 Å². The van der Waals surface area contributed by atoms with Crippen LogP contribution in [-0.4, -0.2) is 67.8 Å². The van der Waals surface area contributed by atoms with Gasteiger partial charge in [0.2, 0.25) is 10.0 Å². The minimum Gasteiger partial charge on any atom is -0.490 e. The van der Waals surface area contributed by atoms with Crippen LogP contribution in [-0.2, 0) is 10.0 Å². The number of fused-ring (bicyclic) bond motifs is 1. The van der Waals surface area contributed by atoms with Gasteiger partial charge in [-0.3, -0.25) is 14.9 Å². The largest absolute Gasteiger partial charge is 0.490 e. The number of sulfonamides is 1. The standard InChI is InChI=1S/C20H21N3O7S/c24-20(15-2-4-16(5-3-15)23(25)26)21-8-10-22(11-9-21)31(27,28)17-6-7-18-19(14-17)30-13-1-12-29-18/h2-7,14H,1,8-13H2. The van der Waals surface area contributed by atoms with Crippen LogP contribution >= 0.6 is 0 Å². The predicted octanol–water partition coefficient (Wildman–Crippen LogP) is 1.90. The Hall–Kier alpha value is -3.18. The fraction of sp³-hybridized carbons (Fsp3) is 0.350. The highest BCUT2D eigenvalue weighted by atomic mass is 32.2. The van der Waals surface area contributed by atoms with Gasteiger partial charge in [-0.25, -0.2) is 8.42 Å². The molecule has 0 atom stereocenters. The topological polar surface area (TPSA) is 119 Å². The van der Waals surface area contributed by atoms with E-state index in [0.717, 1.165) is 6.42 Å². The van der Waals surface area contributed by atoms with Crippen LogP contribution in [0.25, 0.3) is 0 Å². The molecule has 4 rings (SSSR count). The lowest BCUT2D eigenvalue weighted by Crippen LogP contribution is -2.50. The Morgan fingerprint density at radius 3 is 2.23 bits per heavy atom. The molecule has 10 nitrogen and oxygen atoms in total. The van der Waals surface area contributed by atoms with Gasteiger partial charge in [0.15, 0.2) is 11.5 Å². The van der Waals surface area contributed by atoms with E-state index in [1.807, 2.05) is 0 Å². The van der Waals surface area contributed by atoms with Crippen LogP contribution in [0, 0.1) is 10.1 Å². The third kappa shape index (κ3) is 4.32. The summed E-state index contributed by atoms with van der Waals surface area (Å²) in [6.07, 6.45) is 0.724. The van der Waals surface area contributed by atoms with Crippen LogP contribution in [0.5, 0.6) is 11.5 Å². The number of nitro benzene ring substituents is 1. The lowest BCUT2D eigenvalue weighted by molar-refractivity contribution is -0.384. The third-order valence-corrected chi connectivity index (χ3v) is 7.10. The third-order valence-electron chi connectivity index (χ3n) is 5.21. The lowest BCUT2D eigenvalue weighted by atomic mass is 10.1. The number of carbonyl (C=O) groups is 1. The number of piperazine rings is 1. The Morgan fingerprint density at radius 1 is 0.935 bits per heavy atom. The fourth-order valence-corrected chi connectivity index (χ4v) is 4.93. The van der Waals surface area contributed by atoms with Crippen molar-refractivity contribution >= 4 is 21.6 Å². The molecule has 0 aliphatic carbocycles. The summed E-state index contributed by atoms with van der Waals surface area (Å²) in [5, 5.41) is 10.8. The average Bonchev–Trinajstić information content (AvgIpc) is 3.03. The monoisotopic (exact) mass is 447 g/mol. The number of amides is 1. The first-order valence-corrected chi connectivity index (χ1v) is 11.2. The van der Waals surface area contributed by atoms with E-state index in [1.54, 1.807) is 11.0 Å². The molecule has 1 fully saturated rings. The summed E-state index contributed by atoms with van der Waals surface area (Å²) in [6, 6.07) is 9.93. The van der Waals surface area contributed by atoms with Crippen LogP contribution in [0.1, 0.15) is 16.8 Å². The van der Waals surface area contributed by atoms with Crippen molar-refractivity contribution in [2.24, 2.45) is 0 Å². The van der Waals surface area contributed by atoms with Gasteiger partial charge in [-0.1, -0.05) is 0 Å². The minimum atomic E-state index is -3.75. The molecular formula is C20H21N3O7S. The molecule has 164 valence electrons. The number of rotatable bonds is 4. The predicted molar refractivity (Wildman–Crippen MR) is 110 cm³/mol. The Morgan fingerprint density at radius 2 is 1.58 bits per heavy atom. The van der Waals surface area contributed by atoms with Gasteiger partial charge in [-0.05, 0) is 24.3 Å².